The van der Waals surface area contributed by atoms with Crippen LogP contribution in [0.15, 0.2) is 0 Å². The Labute approximate surface area is 60.5 Å². The largest absolute Gasteiger partial charge is 0.468 e. The third-order valence-corrected chi connectivity index (χ3v) is 1.22. The minimum Gasteiger partial charge on any atom is -0.468 e. The molecule has 0 rings (SSSR count). The Bertz CT molecular complexity index is 106. The lowest BCUT2D eigenvalue weighted by molar-refractivity contribution is -0.142. The topological polar surface area (TPSA) is 78.3 Å². The molecule has 0 spiro atoms. The van der Waals surface area contributed by atoms with Crippen molar-refractivity contribution < 1.29 is 9.53 Å². The fourth-order valence-electron chi connectivity index (χ4n) is 0.607. The van der Waals surface area contributed by atoms with Gasteiger partial charge in [-0.25, -0.2) is 0 Å². The first-order valence-corrected chi connectivity index (χ1v) is 3.26. The Morgan fingerprint density at radius 2 is 2.30 bits per heavy atom. The van der Waals surface area contributed by atoms with E-state index in [9.17, 15) is 4.79 Å². The summed E-state index contributed by atoms with van der Waals surface area (Å²) in [5, 5.41) is 0. The smallest absolute Gasteiger partial charge is 0.322 e. The second-order valence-electron chi connectivity index (χ2n) is 2.06. The number of methoxy groups -OCH3 is 1. The Hall–Kier alpha value is -0.610. The van der Waals surface area contributed by atoms with Gasteiger partial charge in [-0.05, 0) is 19.4 Å². The van der Waals surface area contributed by atoms with Crippen molar-refractivity contribution in [1.82, 2.24) is 0 Å². The van der Waals surface area contributed by atoms with Crippen LogP contribution in [0.1, 0.15) is 12.8 Å². The molecule has 1 atom stereocenters. The predicted molar refractivity (Wildman–Crippen MR) is 38.3 cm³/mol. The van der Waals surface area contributed by atoms with Gasteiger partial charge in [-0.15, -0.1) is 0 Å². The number of nitrogens with two attached hydrogens (primary N) is 2. The molecular formula is C6H14N2O2. The molecule has 4 nitrogen and oxygen atoms in total. The van der Waals surface area contributed by atoms with Gasteiger partial charge < -0.3 is 16.2 Å². The summed E-state index contributed by atoms with van der Waals surface area (Å²) in [6.45, 7) is 0.560. The lowest BCUT2D eigenvalue weighted by Gasteiger charge is -2.06. The van der Waals surface area contributed by atoms with Crippen molar-refractivity contribution in [1.29, 1.82) is 0 Å². The fourth-order valence-corrected chi connectivity index (χ4v) is 0.607. The Morgan fingerprint density at radius 1 is 1.70 bits per heavy atom. The molecule has 60 valence electrons. The first kappa shape index (κ1) is 9.39. The fraction of sp³-hybridized carbons (Fsp3) is 0.833. The van der Waals surface area contributed by atoms with Gasteiger partial charge in [0, 0.05) is 0 Å². The summed E-state index contributed by atoms with van der Waals surface area (Å²) >= 11 is 0. The number of hydrogen-bond acceptors (Lipinski definition) is 4. The molecule has 4 N–H and O–H groups in total. The van der Waals surface area contributed by atoms with E-state index in [0.717, 1.165) is 6.42 Å². The average molecular weight is 146 g/mol. The van der Waals surface area contributed by atoms with E-state index in [-0.39, 0.29) is 5.97 Å². The number of carbonyl (C=O) groups is 1. The third-order valence-electron chi connectivity index (χ3n) is 1.22. The monoisotopic (exact) mass is 146 g/mol. The molecule has 0 aromatic carbocycles. The molecular weight excluding hydrogens is 132 g/mol. The molecule has 0 aromatic rings. The van der Waals surface area contributed by atoms with E-state index in [1.54, 1.807) is 0 Å². The highest BCUT2D eigenvalue weighted by Crippen LogP contribution is 1.93. The van der Waals surface area contributed by atoms with Crippen molar-refractivity contribution in [3.8, 4) is 0 Å². The van der Waals surface area contributed by atoms with Crippen LogP contribution in [0.4, 0.5) is 0 Å². The van der Waals surface area contributed by atoms with E-state index in [1.165, 1.54) is 7.11 Å². The minimum absolute atomic E-state index is 0.367. The summed E-state index contributed by atoms with van der Waals surface area (Å²) in [6, 6.07) is -0.506. The number of hydrogen-bond donors (Lipinski definition) is 2. The molecule has 0 aliphatic carbocycles. The van der Waals surface area contributed by atoms with Gasteiger partial charge in [-0.1, -0.05) is 0 Å². The van der Waals surface area contributed by atoms with Crippen LogP contribution >= 0.6 is 0 Å². The standard InChI is InChI=1S/C6H14N2O2/c1-10-6(9)5(8)3-2-4-7/h5H,2-4,7-8H2,1H3/t5-/m0/s1. The summed E-state index contributed by atoms with van der Waals surface area (Å²) < 4.78 is 4.40. The quantitative estimate of drug-likeness (QED) is 0.510. The maximum absolute atomic E-state index is 10.6. The summed E-state index contributed by atoms with van der Waals surface area (Å²) in [4.78, 5) is 10.6. The minimum atomic E-state index is -0.506. The molecule has 0 bridgehead atoms. The molecule has 0 saturated carbocycles. The van der Waals surface area contributed by atoms with Crippen LogP contribution in [0.2, 0.25) is 0 Å². The second-order valence-corrected chi connectivity index (χ2v) is 2.06. The Kier molecular flexibility index (Phi) is 4.88. The van der Waals surface area contributed by atoms with Gasteiger partial charge in [0.2, 0.25) is 0 Å². The molecule has 0 amide bonds. The van der Waals surface area contributed by atoms with Crippen LogP contribution in [0.3, 0.4) is 0 Å². The van der Waals surface area contributed by atoms with E-state index < -0.39 is 6.04 Å². The van der Waals surface area contributed by atoms with Crippen LogP contribution in [-0.4, -0.2) is 25.7 Å². The van der Waals surface area contributed by atoms with Gasteiger partial charge in [-0.3, -0.25) is 4.79 Å². The number of ether oxygens (including phenoxy) is 1. The maximum Gasteiger partial charge on any atom is 0.322 e. The Morgan fingerprint density at radius 3 is 2.70 bits per heavy atom. The van der Waals surface area contributed by atoms with Crippen LogP contribution in [0, 0.1) is 0 Å². The van der Waals surface area contributed by atoms with Crippen molar-refractivity contribution in [2.45, 2.75) is 18.9 Å². The zero-order chi connectivity index (χ0) is 7.98. The van der Waals surface area contributed by atoms with Crippen molar-refractivity contribution in [3.05, 3.63) is 0 Å². The molecule has 0 aromatic heterocycles. The number of esters is 1. The molecule has 0 unspecified atom stereocenters. The van der Waals surface area contributed by atoms with Gasteiger partial charge in [-0.2, -0.15) is 0 Å². The van der Waals surface area contributed by atoms with Crippen LogP contribution in [-0.2, 0) is 9.53 Å². The van der Waals surface area contributed by atoms with E-state index in [4.69, 9.17) is 11.5 Å². The summed E-state index contributed by atoms with van der Waals surface area (Å²) in [5.74, 6) is -0.367. The third kappa shape index (κ3) is 3.42. The zero-order valence-electron chi connectivity index (χ0n) is 6.17. The molecule has 10 heavy (non-hydrogen) atoms. The average Bonchev–Trinajstić information content (AvgIpc) is 1.98. The summed E-state index contributed by atoms with van der Waals surface area (Å²) in [6.07, 6.45) is 1.36. The van der Waals surface area contributed by atoms with Crippen molar-refractivity contribution in [2.24, 2.45) is 11.5 Å². The Balaban J connectivity index is 3.41. The number of rotatable bonds is 4. The number of carbonyl (C=O) groups excluding carboxylic acids is 1. The summed E-state index contributed by atoms with van der Waals surface area (Å²) in [5.41, 5.74) is 10.6. The first-order chi connectivity index (χ1) is 4.72. The molecule has 0 fully saturated rings. The van der Waals surface area contributed by atoms with Crippen LogP contribution in [0.5, 0.6) is 0 Å². The van der Waals surface area contributed by atoms with Crippen molar-refractivity contribution in [3.63, 3.8) is 0 Å². The van der Waals surface area contributed by atoms with Gasteiger partial charge in [0.15, 0.2) is 0 Å². The lowest BCUT2D eigenvalue weighted by atomic mass is 10.2. The van der Waals surface area contributed by atoms with Crippen molar-refractivity contribution in [2.75, 3.05) is 13.7 Å². The second kappa shape index (κ2) is 5.20. The van der Waals surface area contributed by atoms with E-state index >= 15 is 0 Å². The van der Waals surface area contributed by atoms with E-state index in [0.29, 0.717) is 13.0 Å². The van der Waals surface area contributed by atoms with Crippen molar-refractivity contribution >= 4 is 5.97 Å². The highest BCUT2D eigenvalue weighted by atomic mass is 16.5. The molecule has 4 heteroatoms. The molecule has 0 aliphatic heterocycles. The van der Waals surface area contributed by atoms with Gasteiger partial charge >= 0.3 is 5.97 Å². The zero-order valence-corrected chi connectivity index (χ0v) is 6.17. The van der Waals surface area contributed by atoms with E-state index in [1.807, 2.05) is 0 Å². The molecule has 0 saturated heterocycles. The maximum atomic E-state index is 10.6. The van der Waals surface area contributed by atoms with Crippen LogP contribution < -0.4 is 11.5 Å². The van der Waals surface area contributed by atoms with E-state index in [2.05, 4.69) is 4.74 Å². The lowest BCUT2D eigenvalue weighted by Crippen LogP contribution is -2.31. The first-order valence-electron chi connectivity index (χ1n) is 3.26. The van der Waals surface area contributed by atoms with Gasteiger partial charge in [0.1, 0.15) is 6.04 Å². The van der Waals surface area contributed by atoms with Gasteiger partial charge in [0.25, 0.3) is 0 Å². The SMILES string of the molecule is COC(=O)[C@@H](N)CCCN. The molecule has 0 aliphatic rings. The summed E-state index contributed by atoms with van der Waals surface area (Å²) in [7, 11) is 1.32. The normalized spacial score (nSPS) is 12.7. The molecule has 0 heterocycles. The van der Waals surface area contributed by atoms with Crippen LogP contribution in [0.25, 0.3) is 0 Å². The highest BCUT2D eigenvalue weighted by Gasteiger charge is 2.11. The molecule has 0 radical (unpaired) electrons. The highest BCUT2D eigenvalue weighted by molar-refractivity contribution is 5.75. The predicted octanol–water partition coefficient (Wildman–Crippen LogP) is -0.774. The van der Waals surface area contributed by atoms with Gasteiger partial charge in [0.05, 0.1) is 7.11 Å².